The monoisotopic (exact) mass is 234 g/mol. The number of benzene rings is 1. The molecule has 0 aromatic heterocycles. The Bertz CT molecular complexity index is 380. The van der Waals surface area contributed by atoms with Gasteiger partial charge in [0.2, 0.25) is 0 Å². The Kier molecular flexibility index (Phi) is 4.73. The van der Waals surface area contributed by atoms with E-state index in [1.807, 2.05) is 19.9 Å². The summed E-state index contributed by atoms with van der Waals surface area (Å²) < 4.78 is 0. The van der Waals surface area contributed by atoms with Crippen LogP contribution in [0.5, 0.6) is 5.75 Å². The van der Waals surface area contributed by atoms with Crippen LogP contribution < -0.4 is 0 Å². The van der Waals surface area contributed by atoms with Crippen molar-refractivity contribution in [3.63, 3.8) is 0 Å². The number of carbonyl (C=O) groups excluding carboxylic acids is 1. The first-order valence-corrected chi connectivity index (χ1v) is 6.24. The van der Waals surface area contributed by atoms with Gasteiger partial charge in [0.15, 0.2) is 0 Å². The van der Waals surface area contributed by atoms with E-state index in [1.165, 1.54) is 0 Å². The fourth-order valence-electron chi connectivity index (χ4n) is 2.03. The number of phenolic OH excluding ortho intramolecular Hbond substituents is 1. The lowest BCUT2D eigenvalue weighted by molar-refractivity contribution is -0.123. The van der Waals surface area contributed by atoms with E-state index in [-0.39, 0.29) is 23.4 Å². The average Bonchev–Trinajstić information content (AvgIpc) is 2.24. The van der Waals surface area contributed by atoms with E-state index in [9.17, 15) is 9.90 Å². The maximum Gasteiger partial charge on any atom is 0.142 e. The van der Waals surface area contributed by atoms with Crippen LogP contribution in [-0.2, 0) is 4.79 Å². The van der Waals surface area contributed by atoms with Gasteiger partial charge in [0.1, 0.15) is 11.5 Å². The Balaban J connectivity index is 3.01. The maximum absolute atomic E-state index is 12.2. The third kappa shape index (κ3) is 3.88. The van der Waals surface area contributed by atoms with Crippen LogP contribution >= 0.6 is 0 Å². The Morgan fingerprint density at radius 2 is 1.88 bits per heavy atom. The highest BCUT2D eigenvalue weighted by molar-refractivity contribution is 5.87. The van der Waals surface area contributed by atoms with Gasteiger partial charge in [-0.1, -0.05) is 39.8 Å². The molecule has 1 aromatic carbocycles. The topological polar surface area (TPSA) is 37.3 Å². The van der Waals surface area contributed by atoms with Crippen molar-refractivity contribution in [3.8, 4) is 5.75 Å². The zero-order valence-electron chi connectivity index (χ0n) is 11.1. The van der Waals surface area contributed by atoms with Crippen molar-refractivity contribution in [2.45, 2.75) is 40.0 Å². The summed E-state index contributed by atoms with van der Waals surface area (Å²) in [5, 5.41) is 9.51. The molecule has 0 saturated heterocycles. The number of aromatic hydroxyl groups is 1. The van der Waals surface area contributed by atoms with Crippen molar-refractivity contribution >= 4 is 5.78 Å². The second-order valence-corrected chi connectivity index (χ2v) is 5.33. The van der Waals surface area contributed by atoms with E-state index in [2.05, 4.69) is 13.8 Å². The van der Waals surface area contributed by atoms with Gasteiger partial charge in [-0.2, -0.15) is 0 Å². The van der Waals surface area contributed by atoms with Crippen LogP contribution in [0.3, 0.4) is 0 Å². The Labute approximate surface area is 104 Å². The van der Waals surface area contributed by atoms with Crippen LogP contribution in [-0.4, -0.2) is 10.9 Å². The molecule has 0 radical (unpaired) electrons. The number of phenols is 1. The van der Waals surface area contributed by atoms with Crippen molar-refractivity contribution in [1.82, 2.24) is 0 Å². The van der Waals surface area contributed by atoms with E-state index in [1.54, 1.807) is 18.2 Å². The van der Waals surface area contributed by atoms with Gasteiger partial charge in [0.05, 0.1) is 0 Å². The molecule has 0 amide bonds. The van der Waals surface area contributed by atoms with Gasteiger partial charge in [-0.25, -0.2) is 0 Å². The standard InChI is InChI=1S/C15H22O2/c1-10(2)8-14(15(17)11(3)4)12-6-5-7-13(16)9-12/h5-7,9-11,14,16H,8H2,1-4H3/t14-/m1/s1. The van der Waals surface area contributed by atoms with Crippen molar-refractivity contribution in [2.75, 3.05) is 0 Å². The van der Waals surface area contributed by atoms with Crippen LogP contribution in [0.1, 0.15) is 45.6 Å². The second kappa shape index (κ2) is 5.85. The summed E-state index contributed by atoms with van der Waals surface area (Å²) in [7, 11) is 0. The third-order valence-electron chi connectivity index (χ3n) is 2.89. The summed E-state index contributed by atoms with van der Waals surface area (Å²) in [5.74, 6) is 0.880. The fourth-order valence-corrected chi connectivity index (χ4v) is 2.03. The Hall–Kier alpha value is -1.31. The molecule has 0 aliphatic carbocycles. The lowest BCUT2D eigenvalue weighted by atomic mass is 9.83. The molecule has 0 spiro atoms. The first-order chi connectivity index (χ1) is 7.91. The van der Waals surface area contributed by atoms with Gasteiger partial charge in [-0.3, -0.25) is 4.79 Å². The maximum atomic E-state index is 12.2. The fraction of sp³-hybridized carbons (Fsp3) is 0.533. The normalized spacial score (nSPS) is 13.1. The number of rotatable bonds is 5. The van der Waals surface area contributed by atoms with Gasteiger partial charge in [-0.15, -0.1) is 0 Å². The highest BCUT2D eigenvalue weighted by Gasteiger charge is 2.24. The molecule has 17 heavy (non-hydrogen) atoms. The largest absolute Gasteiger partial charge is 0.508 e. The molecule has 0 bridgehead atoms. The minimum absolute atomic E-state index is 0.0288. The number of ketones is 1. The van der Waals surface area contributed by atoms with Gasteiger partial charge in [0, 0.05) is 11.8 Å². The van der Waals surface area contributed by atoms with E-state index < -0.39 is 0 Å². The van der Waals surface area contributed by atoms with Gasteiger partial charge >= 0.3 is 0 Å². The smallest absolute Gasteiger partial charge is 0.142 e. The summed E-state index contributed by atoms with van der Waals surface area (Å²) in [6.45, 7) is 8.09. The summed E-state index contributed by atoms with van der Waals surface area (Å²) >= 11 is 0. The predicted octanol–water partition coefficient (Wildman–Crippen LogP) is 3.75. The summed E-state index contributed by atoms with van der Waals surface area (Å²) in [5.41, 5.74) is 0.928. The summed E-state index contributed by atoms with van der Waals surface area (Å²) in [6.07, 6.45) is 0.834. The number of hydrogen-bond donors (Lipinski definition) is 1. The molecule has 0 unspecified atom stereocenters. The SMILES string of the molecule is CC(C)C[C@@H](C(=O)C(C)C)c1cccc(O)c1. The zero-order valence-corrected chi connectivity index (χ0v) is 11.1. The summed E-state index contributed by atoms with van der Waals surface area (Å²) in [4.78, 5) is 12.2. The molecular weight excluding hydrogens is 212 g/mol. The van der Waals surface area contributed by atoms with Gasteiger partial charge in [0.25, 0.3) is 0 Å². The Morgan fingerprint density at radius 1 is 1.24 bits per heavy atom. The van der Waals surface area contributed by atoms with E-state index in [4.69, 9.17) is 0 Å². The van der Waals surface area contributed by atoms with E-state index >= 15 is 0 Å². The molecule has 0 heterocycles. The quantitative estimate of drug-likeness (QED) is 0.842. The van der Waals surface area contributed by atoms with Crippen LogP contribution in [0.4, 0.5) is 0 Å². The number of Topliss-reactive ketones (excluding diaryl/α,β-unsaturated/α-hetero) is 1. The minimum atomic E-state index is -0.0953. The molecule has 1 N–H and O–H groups in total. The highest BCUT2D eigenvalue weighted by atomic mass is 16.3. The molecule has 1 atom stereocenters. The highest BCUT2D eigenvalue weighted by Crippen LogP contribution is 2.29. The number of hydrogen-bond acceptors (Lipinski definition) is 2. The van der Waals surface area contributed by atoms with Gasteiger partial charge < -0.3 is 5.11 Å². The Morgan fingerprint density at radius 3 is 2.35 bits per heavy atom. The number of carbonyl (C=O) groups is 1. The van der Waals surface area contributed by atoms with Crippen molar-refractivity contribution in [3.05, 3.63) is 29.8 Å². The van der Waals surface area contributed by atoms with Gasteiger partial charge in [-0.05, 0) is 30.0 Å². The third-order valence-corrected chi connectivity index (χ3v) is 2.89. The first kappa shape index (κ1) is 13.8. The first-order valence-electron chi connectivity index (χ1n) is 6.24. The predicted molar refractivity (Wildman–Crippen MR) is 70.1 cm³/mol. The molecule has 94 valence electrons. The van der Waals surface area contributed by atoms with Crippen molar-refractivity contribution in [1.29, 1.82) is 0 Å². The van der Waals surface area contributed by atoms with Crippen LogP contribution in [0.2, 0.25) is 0 Å². The molecule has 0 aliphatic rings. The lowest BCUT2D eigenvalue weighted by Crippen LogP contribution is -2.19. The molecule has 0 fully saturated rings. The molecule has 2 nitrogen and oxygen atoms in total. The van der Waals surface area contributed by atoms with Crippen LogP contribution in [0, 0.1) is 11.8 Å². The van der Waals surface area contributed by atoms with Crippen molar-refractivity contribution < 1.29 is 9.90 Å². The molecule has 0 aliphatic heterocycles. The zero-order chi connectivity index (χ0) is 13.0. The molecule has 1 aromatic rings. The van der Waals surface area contributed by atoms with Crippen molar-refractivity contribution in [2.24, 2.45) is 11.8 Å². The van der Waals surface area contributed by atoms with Crippen LogP contribution in [0.25, 0.3) is 0 Å². The van der Waals surface area contributed by atoms with E-state index in [0.29, 0.717) is 5.92 Å². The minimum Gasteiger partial charge on any atom is -0.508 e. The summed E-state index contributed by atoms with van der Waals surface area (Å²) in [6, 6.07) is 7.06. The molecule has 1 rings (SSSR count). The lowest BCUT2D eigenvalue weighted by Gasteiger charge is -2.20. The molecule has 2 heteroatoms. The second-order valence-electron chi connectivity index (χ2n) is 5.33. The van der Waals surface area contributed by atoms with E-state index in [0.717, 1.165) is 12.0 Å². The average molecular weight is 234 g/mol. The molecule has 0 saturated carbocycles. The van der Waals surface area contributed by atoms with Crippen LogP contribution in [0.15, 0.2) is 24.3 Å². The molecular formula is C15H22O2.